The SMILES string of the molecule is COc1cccc(C(N)CCO)c1.Cl. The van der Waals surface area contributed by atoms with Crippen LogP contribution < -0.4 is 10.5 Å². The van der Waals surface area contributed by atoms with Gasteiger partial charge in [0, 0.05) is 12.6 Å². The fourth-order valence-electron chi connectivity index (χ4n) is 1.18. The molecule has 4 heteroatoms. The molecule has 0 aliphatic rings. The quantitative estimate of drug-likeness (QED) is 0.804. The Hall–Kier alpha value is -0.770. The van der Waals surface area contributed by atoms with Gasteiger partial charge in [0.2, 0.25) is 0 Å². The van der Waals surface area contributed by atoms with Gasteiger partial charge in [-0.3, -0.25) is 0 Å². The summed E-state index contributed by atoms with van der Waals surface area (Å²) in [5, 5.41) is 8.71. The Morgan fingerprint density at radius 1 is 1.50 bits per heavy atom. The summed E-state index contributed by atoms with van der Waals surface area (Å²) in [7, 11) is 1.62. The molecule has 0 aliphatic heterocycles. The van der Waals surface area contributed by atoms with Gasteiger partial charge in [-0.2, -0.15) is 0 Å². The molecule has 3 nitrogen and oxygen atoms in total. The highest BCUT2D eigenvalue weighted by atomic mass is 35.5. The normalized spacial score (nSPS) is 11.6. The van der Waals surface area contributed by atoms with Crippen LogP contribution in [0.2, 0.25) is 0 Å². The lowest BCUT2D eigenvalue weighted by molar-refractivity contribution is 0.276. The summed E-state index contributed by atoms with van der Waals surface area (Å²) in [4.78, 5) is 0. The van der Waals surface area contributed by atoms with Crippen LogP contribution in [0.3, 0.4) is 0 Å². The molecule has 0 heterocycles. The molecule has 1 atom stereocenters. The lowest BCUT2D eigenvalue weighted by atomic mass is 10.1. The number of hydrogen-bond acceptors (Lipinski definition) is 3. The smallest absolute Gasteiger partial charge is 0.119 e. The van der Waals surface area contributed by atoms with Gasteiger partial charge in [-0.05, 0) is 24.1 Å². The summed E-state index contributed by atoms with van der Waals surface area (Å²) in [6, 6.07) is 7.48. The largest absolute Gasteiger partial charge is 0.497 e. The van der Waals surface area contributed by atoms with Crippen molar-refractivity contribution in [2.24, 2.45) is 5.73 Å². The van der Waals surface area contributed by atoms with Gasteiger partial charge in [-0.15, -0.1) is 12.4 Å². The van der Waals surface area contributed by atoms with Crippen molar-refractivity contribution in [3.05, 3.63) is 29.8 Å². The van der Waals surface area contributed by atoms with Crippen LogP contribution in [0.1, 0.15) is 18.0 Å². The minimum atomic E-state index is -0.111. The van der Waals surface area contributed by atoms with Crippen LogP contribution in [-0.4, -0.2) is 18.8 Å². The van der Waals surface area contributed by atoms with Crippen LogP contribution in [0.5, 0.6) is 5.75 Å². The molecule has 0 amide bonds. The number of nitrogens with two attached hydrogens (primary N) is 1. The topological polar surface area (TPSA) is 55.5 Å². The van der Waals surface area contributed by atoms with Crippen molar-refractivity contribution in [2.45, 2.75) is 12.5 Å². The van der Waals surface area contributed by atoms with Crippen molar-refractivity contribution < 1.29 is 9.84 Å². The molecular formula is C10H16ClNO2. The van der Waals surface area contributed by atoms with Crippen molar-refractivity contribution in [3.8, 4) is 5.75 Å². The minimum Gasteiger partial charge on any atom is -0.497 e. The van der Waals surface area contributed by atoms with Crippen LogP contribution in [-0.2, 0) is 0 Å². The Morgan fingerprint density at radius 3 is 2.79 bits per heavy atom. The van der Waals surface area contributed by atoms with Crippen LogP contribution in [0.25, 0.3) is 0 Å². The molecule has 1 unspecified atom stereocenters. The summed E-state index contributed by atoms with van der Waals surface area (Å²) in [5.41, 5.74) is 6.81. The van der Waals surface area contributed by atoms with Gasteiger partial charge in [0.1, 0.15) is 5.75 Å². The maximum Gasteiger partial charge on any atom is 0.119 e. The number of benzene rings is 1. The van der Waals surface area contributed by atoms with E-state index in [1.54, 1.807) is 7.11 Å². The van der Waals surface area contributed by atoms with E-state index >= 15 is 0 Å². The molecular weight excluding hydrogens is 202 g/mol. The number of methoxy groups -OCH3 is 1. The second-order valence-corrected chi connectivity index (χ2v) is 2.90. The summed E-state index contributed by atoms with van der Waals surface area (Å²) in [5.74, 6) is 0.797. The van der Waals surface area contributed by atoms with E-state index in [2.05, 4.69) is 0 Å². The van der Waals surface area contributed by atoms with Crippen molar-refractivity contribution in [3.63, 3.8) is 0 Å². The van der Waals surface area contributed by atoms with Crippen LogP contribution in [0, 0.1) is 0 Å². The van der Waals surface area contributed by atoms with E-state index in [1.807, 2.05) is 24.3 Å². The molecule has 14 heavy (non-hydrogen) atoms. The number of hydrogen-bond donors (Lipinski definition) is 2. The molecule has 0 fully saturated rings. The minimum absolute atomic E-state index is 0. The first-order chi connectivity index (χ1) is 6.27. The third-order valence-corrected chi connectivity index (χ3v) is 1.96. The first-order valence-corrected chi connectivity index (χ1v) is 4.28. The summed E-state index contributed by atoms with van der Waals surface area (Å²) >= 11 is 0. The average Bonchev–Trinajstić information content (AvgIpc) is 2.18. The zero-order valence-electron chi connectivity index (χ0n) is 8.14. The maximum absolute atomic E-state index is 8.71. The van der Waals surface area contributed by atoms with Gasteiger partial charge < -0.3 is 15.6 Å². The van der Waals surface area contributed by atoms with Gasteiger partial charge in [-0.1, -0.05) is 12.1 Å². The predicted molar refractivity (Wildman–Crippen MR) is 58.9 cm³/mol. The van der Waals surface area contributed by atoms with Gasteiger partial charge in [0.05, 0.1) is 7.11 Å². The monoisotopic (exact) mass is 217 g/mol. The van der Waals surface area contributed by atoms with E-state index < -0.39 is 0 Å². The van der Waals surface area contributed by atoms with Gasteiger partial charge >= 0.3 is 0 Å². The van der Waals surface area contributed by atoms with E-state index in [0.717, 1.165) is 11.3 Å². The van der Waals surface area contributed by atoms with E-state index in [0.29, 0.717) is 6.42 Å². The fraction of sp³-hybridized carbons (Fsp3) is 0.400. The molecule has 3 N–H and O–H groups in total. The standard InChI is InChI=1S/C10H15NO2.ClH/c1-13-9-4-2-3-8(7-9)10(11)5-6-12;/h2-4,7,10,12H,5-6,11H2,1H3;1H. The van der Waals surface area contributed by atoms with E-state index in [-0.39, 0.29) is 25.1 Å². The molecule has 0 saturated carbocycles. The van der Waals surface area contributed by atoms with Crippen molar-refractivity contribution in [1.29, 1.82) is 0 Å². The fourth-order valence-corrected chi connectivity index (χ4v) is 1.18. The number of rotatable bonds is 4. The molecule has 0 radical (unpaired) electrons. The number of halogens is 1. The molecule has 0 spiro atoms. The molecule has 0 saturated heterocycles. The Labute approximate surface area is 90.3 Å². The van der Waals surface area contributed by atoms with E-state index in [1.165, 1.54) is 0 Å². The maximum atomic E-state index is 8.71. The zero-order valence-corrected chi connectivity index (χ0v) is 8.96. The second-order valence-electron chi connectivity index (χ2n) is 2.90. The molecule has 1 rings (SSSR count). The molecule has 80 valence electrons. The highest BCUT2D eigenvalue weighted by Crippen LogP contribution is 2.19. The highest BCUT2D eigenvalue weighted by Gasteiger charge is 2.05. The highest BCUT2D eigenvalue weighted by molar-refractivity contribution is 5.85. The van der Waals surface area contributed by atoms with Crippen molar-refractivity contribution >= 4 is 12.4 Å². The Kier molecular flexibility index (Phi) is 6.28. The first-order valence-electron chi connectivity index (χ1n) is 4.28. The molecule has 1 aromatic rings. The number of ether oxygens (including phenoxy) is 1. The molecule has 0 aliphatic carbocycles. The Balaban J connectivity index is 0.00000169. The van der Waals surface area contributed by atoms with Gasteiger partial charge in [0.15, 0.2) is 0 Å². The predicted octanol–water partition coefficient (Wildman–Crippen LogP) is 1.50. The Bertz CT molecular complexity index is 268. The molecule has 0 bridgehead atoms. The summed E-state index contributed by atoms with van der Waals surface area (Å²) in [6.07, 6.45) is 0.577. The summed E-state index contributed by atoms with van der Waals surface area (Å²) in [6.45, 7) is 0.110. The van der Waals surface area contributed by atoms with Crippen LogP contribution >= 0.6 is 12.4 Å². The third-order valence-electron chi connectivity index (χ3n) is 1.96. The third kappa shape index (κ3) is 3.54. The van der Waals surface area contributed by atoms with Crippen LogP contribution in [0.4, 0.5) is 0 Å². The van der Waals surface area contributed by atoms with Crippen molar-refractivity contribution in [1.82, 2.24) is 0 Å². The van der Waals surface area contributed by atoms with Gasteiger partial charge in [-0.25, -0.2) is 0 Å². The van der Waals surface area contributed by atoms with Crippen LogP contribution in [0.15, 0.2) is 24.3 Å². The zero-order chi connectivity index (χ0) is 9.68. The van der Waals surface area contributed by atoms with Gasteiger partial charge in [0.25, 0.3) is 0 Å². The lowest BCUT2D eigenvalue weighted by Crippen LogP contribution is -2.11. The van der Waals surface area contributed by atoms with E-state index in [9.17, 15) is 0 Å². The number of aliphatic hydroxyl groups excluding tert-OH is 1. The molecule has 0 aromatic heterocycles. The summed E-state index contributed by atoms with van der Waals surface area (Å²) < 4.78 is 5.07. The molecule has 1 aromatic carbocycles. The number of aliphatic hydroxyl groups is 1. The van der Waals surface area contributed by atoms with E-state index in [4.69, 9.17) is 15.6 Å². The first kappa shape index (κ1) is 13.2. The second kappa shape index (κ2) is 6.65. The Morgan fingerprint density at radius 2 is 2.21 bits per heavy atom. The average molecular weight is 218 g/mol. The lowest BCUT2D eigenvalue weighted by Gasteiger charge is -2.11. The van der Waals surface area contributed by atoms with Crippen molar-refractivity contribution in [2.75, 3.05) is 13.7 Å².